The first-order valence-corrected chi connectivity index (χ1v) is 7.69. The molecule has 0 amide bonds. The van der Waals surface area contributed by atoms with E-state index in [1.54, 1.807) is 25.4 Å². The van der Waals surface area contributed by atoms with Gasteiger partial charge in [-0.25, -0.2) is 13.1 Å². The van der Waals surface area contributed by atoms with Crippen molar-refractivity contribution < 1.29 is 8.42 Å². The number of nitrogens with one attached hydrogen (secondary N) is 1. The Labute approximate surface area is 119 Å². The van der Waals surface area contributed by atoms with Gasteiger partial charge in [0.1, 0.15) is 5.82 Å². The molecule has 0 aliphatic carbocycles. The number of aryl methyl sites for hydroxylation is 1. The molecule has 0 atom stereocenters. The first kappa shape index (κ1) is 14.0. The van der Waals surface area contributed by atoms with Gasteiger partial charge in [0.2, 0.25) is 10.0 Å². The summed E-state index contributed by atoms with van der Waals surface area (Å²) in [6, 6.07) is 6.40. The summed E-state index contributed by atoms with van der Waals surface area (Å²) in [6.45, 7) is 0.109. The molecule has 1 aromatic carbocycles. The summed E-state index contributed by atoms with van der Waals surface area (Å²) in [6.07, 6.45) is 1.54. The highest BCUT2D eigenvalue weighted by Crippen LogP contribution is 2.15. The molecule has 0 saturated carbocycles. The van der Waals surface area contributed by atoms with Gasteiger partial charge in [-0.15, -0.1) is 0 Å². The van der Waals surface area contributed by atoms with Crippen LogP contribution in [0.4, 0.5) is 5.82 Å². The van der Waals surface area contributed by atoms with E-state index in [4.69, 9.17) is 5.73 Å². The van der Waals surface area contributed by atoms with Crippen molar-refractivity contribution in [1.29, 1.82) is 0 Å². The minimum absolute atomic E-state index is 0.109. The van der Waals surface area contributed by atoms with Gasteiger partial charge >= 0.3 is 0 Å². The number of aromatic nitrogens is 2. The summed E-state index contributed by atoms with van der Waals surface area (Å²) in [5.74, 6) is 0.443. The van der Waals surface area contributed by atoms with E-state index in [0.29, 0.717) is 11.4 Å². The van der Waals surface area contributed by atoms with Crippen molar-refractivity contribution in [3.63, 3.8) is 0 Å². The van der Waals surface area contributed by atoms with E-state index in [1.807, 2.05) is 0 Å². The molecule has 0 bridgehead atoms. The van der Waals surface area contributed by atoms with Crippen LogP contribution < -0.4 is 10.5 Å². The number of hydrogen-bond acceptors (Lipinski definition) is 4. The third-order valence-corrected chi connectivity index (χ3v) is 4.59. The van der Waals surface area contributed by atoms with E-state index in [-0.39, 0.29) is 11.4 Å². The average molecular weight is 345 g/mol. The Morgan fingerprint density at radius 2 is 2.00 bits per heavy atom. The van der Waals surface area contributed by atoms with Gasteiger partial charge in [0, 0.05) is 23.6 Å². The molecule has 0 radical (unpaired) electrons. The lowest BCUT2D eigenvalue weighted by atomic mass is 10.3. The normalized spacial score (nSPS) is 11.7. The number of nitrogen functional groups attached to an aromatic ring is 1. The molecule has 2 rings (SSSR count). The minimum atomic E-state index is -3.55. The molecule has 0 saturated heterocycles. The predicted molar refractivity (Wildman–Crippen MR) is 75.8 cm³/mol. The third kappa shape index (κ3) is 3.14. The molecule has 0 spiro atoms. The quantitative estimate of drug-likeness (QED) is 0.873. The summed E-state index contributed by atoms with van der Waals surface area (Å²) in [4.78, 5) is 0.207. The van der Waals surface area contributed by atoms with Crippen LogP contribution in [0.3, 0.4) is 0 Å². The molecular formula is C11H13BrN4O2S. The molecule has 1 heterocycles. The van der Waals surface area contributed by atoms with E-state index in [2.05, 4.69) is 25.8 Å². The molecule has 102 valence electrons. The Bertz CT molecular complexity index is 679. The van der Waals surface area contributed by atoms with Crippen LogP contribution in [0.5, 0.6) is 0 Å². The Morgan fingerprint density at radius 1 is 1.37 bits per heavy atom. The lowest BCUT2D eigenvalue weighted by Gasteiger charge is -2.06. The van der Waals surface area contributed by atoms with Gasteiger partial charge in [-0.05, 0) is 24.3 Å². The fourth-order valence-electron chi connectivity index (χ4n) is 1.50. The largest absolute Gasteiger partial charge is 0.384 e. The summed E-state index contributed by atoms with van der Waals surface area (Å²) in [7, 11) is -1.85. The summed E-state index contributed by atoms with van der Waals surface area (Å²) < 4.78 is 28.9. The lowest BCUT2D eigenvalue weighted by Crippen LogP contribution is -2.23. The molecule has 1 aromatic heterocycles. The van der Waals surface area contributed by atoms with Gasteiger partial charge in [0.25, 0.3) is 0 Å². The van der Waals surface area contributed by atoms with Crippen LogP contribution >= 0.6 is 15.9 Å². The van der Waals surface area contributed by atoms with Crippen molar-refractivity contribution >= 4 is 31.8 Å². The highest BCUT2D eigenvalue weighted by Gasteiger charge is 2.15. The zero-order valence-electron chi connectivity index (χ0n) is 10.2. The maximum atomic E-state index is 12.0. The highest BCUT2D eigenvalue weighted by atomic mass is 79.9. The van der Waals surface area contributed by atoms with Crippen molar-refractivity contribution in [3.05, 3.63) is 40.5 Å². The van der Waals surface area contributed by atoms with Crippen molar-refractivity contribution in [2.24, 2.45) is 7.05 Å². The smallest absolute Gasteiger partial charge is 0.240 e. The van der Waals surface area contributed by atoms with Crippen LogP contribution in [0.2, 0.25) is 0 Å². The summed E-state index contributed by atoms with van der Waals surface area (Å²) in [5.41, 5.74) is 6.39. The Hall–Kier alpha value is -1.38. The van der Waals surface area contributed by atoms with E-state index in [1.165, 1.54) is 16.8 Å². The third-order valence-electron chi connectivity index (χ3n) is 2.64. The van der Waals surface area contributed by atoms with E-state index < -0.39 is 10.0 Å². The number of hydrogen-bond donors (Lipinski definition) is 2. The molecule has 2 aromatic rings. The minimum Gasteiger partial charge on any atom is -0.384 e. The van der Waals surface area contributed by atoms with Crippen molar-refractivity contribution in [2.45, 2.75) is 11.4 Å². The van der Waals surface area contributed by atoms with Crippen LogP contribution in [0, 0.1) is 0 Å². The number of halogens is 1. The van der Waals surface area contributed by atoms with Gasteiger partial charge in [-0.1, -0.05) is 15.9 Å². The first-order valence-electron chi connectivity index (χ1n) is 5.42. The van der Waals surface area contributed by atoms with Crippen LogP contribution in [0.25, 0.3) is 0 Å². The maximum Gasteiger partial charge on any atom is 0.240 e. The summed E-state index contributed by atoms with van der Waals surface area (Å²) in [5, 5.41) is 3.95. The van der Waals surface area contributed by atoms with E-state index in [0.717, 1.165) is 4.47 Å². The molecular weight excluding hydrogens is 332 g/mol. The number of nitrogens with zero attached hydrogens (tertiary/aromatic N) is 2. The molecule has 19 heavy (non-hydrogen) atoms. The van der Waals surface area contributed by atoms with Crippen molar-refractivity contribution in [1.82, 2.24) is 14.5 Å². The predicted octanol–water partition coefficient (Wildman–Crippen LogP) is 1.24. The number of sulfonamides is 1. The molecule has 6 nitrogen and oxygen atoms in total. The second-order valence-corrected chi connectivity index (χ2v) is 6.64. The monoisotopic (exact) mass is 344 g/mol. The van der Waals surface area contributed by atoms with Gasteiger partial charge in [-0.2, -0.15) is 5.10 Å². The topological polar surface area (TPSA) is 90.0 Å². The molecule has 3 N–H and O–H groups in total. The molecule has 0 unspecified atom stereocenters. The zero-order valence-corrected chi connectivity index (χ0v) is 12.6. The second kappa shape index (κ2) is 5.32. The van der Waals surface area contributed by atoms with Crippen LogP contribution in [0.1, 0.15) is 5.56 Å². The van der Waals surface area contributed by atoms with Gasteiger partial charge in [0.15, 0.2) is 0 Å². The van der Waals surface area contributed by atoms with Gasteiger partial charge < -0.3 is 5.73 Å². The first-order chi connectivity index (χ1) is 8.90. The van der Waals surface area contributed by atoms with Gasteiger partial charge in [0.05, 0.1) is 11.1 Å². The van der Waals surface area contributed by atoms with Crippen LogP contribution in [-0.4, -0.2) is 18.2 Å². The standard InChI is InChI=1S/C11H13BrN4O2S/c1-16-11(13)8(6-14-16)7-15-19(17,18)10-4-2-9(12)3-5-10/h2-6,15H,7,13H2,1H3. The zero-order chi connectivity index (χ0) is 14.0. The fourth-order valence-corrected chi connectivity index (χ4v) is 2.77. The van der Waals surface area contributed by atoms with Crippen molar-refractivity contribution in [2.75, 3.05) is 5.73 Å². The average Bonchev–Trinajstić information content (AvgIpc) is 2.68. The summed E-state index contributed by atoms with van der Waals surface area (Å²) >= 11 is 3.26. The molecule has 0 aliphatic heterocycles. The Balaban J connectivity index is 2.14. The van der Waals surface area contributed by atoms with E-state index in [9.17, 15) is 8.42 Å². The lowest BCUT2D eigenvalue weighted by molar-refractivity contribution is 0.581. The Kier molecular flexibility index (Phi) is 3.93. The SMILES string of the molecule is Cn1ncc(CNS(=O)(=O)c2ccc(Br)cc2)c1N. The number of benzene rings is 1. The van der Waals surface area contributed by atoms with E-state index >= 15 is 0 Å². The van der Waals surface area contributed by atoms with Gasteiger partial charge in [-0.3, -0.25) is 4.68 Å². The van der Waals surface area contributed by atoms with Crippen molar-refractivity contribution in [3.8, 4) is 0 Å². The van der Waals surface area contributed by atoms with Crippen LogP contribution in [-0.2, 0) is 23.6 Å². The Morgan fingerprint density at radius 3 is 2.53 bits per heavy atom. The number of anilines is 1. The number of rotatable bonds is 4. The maximum absolute atomic E-state index is 12.0. The van der Waals surface area contributed by atoms with Crippen LogP contribution in [0.15, 0.2) is 39.8 Å². The molecule has 0 fully saturated rings. The number of nitrogens with two attached hydrogens (primary N) is 1. The molecule has 0 aliphatic rings. The fraction of sp³-hybridized carbons (Fsp3) is 0.182. The highest BCUT2D eigenvalue weighted by molar-refractivity contribution is 9.10. The molecule has 8 heteroatoms. The second-order valence-electron chi connectivity index (χ2n) is 3.96.